The van der Waals surface area contributed by atoms with Crippen LogP contribution in [-0.2, 0) is 0 Å². The summed E-state index contributed by atoms with van der Waals surface area (Å²) in [5.74, 6) is 0. The minimum absolute atomic E-state index is 1.11. The van der Waals surface area contributed by atoms with E-state index < -0.39 is 0 Å². The molecule has 194 valence electrons. The predicted molar refractivity (Wildman–Crippen MR) is 175 cm³/mol. The summed E-state index contributed by atoms with van der Waals surface area (Å²) < 4.78 is 0. The summed E-state index contributed by atoms with van der Waals surface area (Å²) in [6.07, 6.45) is 0. The molecule has 1 heteroatoms. The Bertz CT molecular complexity index is 1920. The highest BCUT2D eigenvalue weighted by molar-refractivity contribution is 5.91. The summed E-state index contributed by atoms with van der Waals surface area (Å²) in [5.41, 5.74) is 10.6. The van der Waals surface area contributed by atoms with Crippen LogP contribution in [0.2, 0.25) is 0 Å². The minimum Gasteiger partial charge on any atom is -0.310 e. The summed E-state index contributed by atoms with van der Waals surface area (Å²) in [5, 5.41) is 2.50. The van der Waals surface area contributed by atoms with Crippen molar-refractivity contribution in [3.8, 4) is 33.4 Å². The molecule has 0 radical (unpaired) electrons. The highest BCUT2D eigenvalue weighted by atomic mass is 15.1. The maximum Gasteiger partial charge on any atom is 0.0540 e. The number of rotatable bonds is 6. The molecule has 0 aliphatic rings. The van der Waals surface area contributed by atoms with Gasteiger partial charge in [0.1, 0.15) is 0 Å². The molecule has 0 heterocycles. The van der Waals surface area contributed by atoms with Crippen LogP contribution in [0.5, 0.6) is 0 Å². The molecule has 0 aliphatic heterocycles. The Kier molecular flexibility index (Phi) is 6.61. The van der Waals surface area contributed by atoms with E-state index >= 15 is 0 Å². The van der Waals surface area contributed by atoms with Crippen LogP contribution in [0.25, 0.3) is 44.2 Å². The first kappa shape index (κ1) is 24.6. The molecule has 41 heavy (non-hydrogen) atoms. The summed E-state index contributed by atoms with van der Waals surface area (Å²) in [4.78, 5) is 2.38. The molecule has 0 unspecified atom stereocenters. The smallest absolute Gasteiger partial charge is 0.0540 e. The van der Waals surface area contributed by atoms with E-state index in [-0.39, 0.29) is 0 Å². The molecule has 0 atom stereocenters. The fourth-order valence-corrected chi connectivity index (χ4v) is 5.58. The highest BCUT2D eigenvalue weighted by Gasteiger charge is 2.17. The van der Waals surface area contributed by atoms with Gasteiger partial charge in [-0.2, -0.15) is 0 Å². The van der Waals surface area contributed by atoms with Crippen LogP contribution in [0.1, 0.15) is 0 Å². The van der Waals surface area contributed by atoms with Crippen molar-refractivity contribution in [2.75, 3.05) is 4.90 Å². The molecule has 0 spiro atoms. The monoisotopic (exact) mass is 523 g/mol. The molecule has 1 nitrogen and oxygen atoms in total. The van der Waals surface area contributed by atoms with Crippen LogP contribution in [0.15, 0.2) is 176 Å². The van der Waals surface area contributed by atoms with Crippen molar-refractivity contribution in [1.82, 2.24) is 0 Å². The Labute approximate surface area is 241 Å². The second-order valence-corrected chi connectivity index (χ2v) is 10.2. The molecule has 0 saturated heterocycles. The lowest BCUT2D eigenvalue weighted by molar-refractivity contribution is 1.28. The molecule has 0 saturated carbocycles. The zero-order valence-electron chi connectivity index (χ0n) is 22.7. The number of benzene rings is 7. The van der Waals surface area contributed by atoms with Gasteiger partial charge in [0, 0.05) is 16.9 Å². The summed E-state index contributed by atoms with van der Waals surface area (Å²) >= 11 is 0. The van der Waals surface area contributed by atoms with Gasteiger partial charge in [-0.3, -0.25) is 0 Å². The number of nitrogens with zero attached hydrogens (tertiary/aromatic N) is 1. The van der Waals surface area contributed by atoms with Crippen molar-refractivity contribution in [3.05, 3.63) is 176 Å². The standard InChI is InChI=1S/C40H29N/c1-3-12-30(13-4-1)32-24-26-37(27-25-32)41(40-21-10-9-20-39(40)33-15-5-2-6-16-33)38-19-11-18-35(29-38)36-23-22-31-14-7-8-17-34(31)28-36/h1-29H. The van der Waals surface area contributed by atoms with E-state index in [0.717, 1.165) is 17.1 Å². The summed E-state index contributed by atoms with van der Waals surface area (Å²) in [6, 6.07) is 62.9. The summed E-state index contributed by atoms with van der Waals surface area (Å²) in [7, 11) is 0. The molecule has 0 aliphatic carbocycles. The first-order valence-corrected chi connectivity index (χ1v) is 14.0. The van der Waals surface area contributed by atoms with Crippen LogP contribution < -0.4 is 4.90 Å². The lowest BCUT2D eigenvalue weighted by Crippen LogP contribution is -2.11. The largest absolute Gasteiger partial charge is 0.310 e. The van der Waals surface area contributed by atoms with Gasteiger partial charge in [0.2, 0.25) is 0 Å². The summed E-state index contributed by atoms with van der Waals surface area (Å²) in [6.45, 7) is 0. The minimum atomic E-state index is 1.11. The van der Waals surface area contributed by atoms with Crippen LogP contribution in [0.3, 0.4) is 0 Å². The first-order valence-electron chi connectivity index (χ1n) is 14.0. The van der Waals surface area contributed by atoms with E-state index in [1.54, 1.807) is 0 Å². The van der Waals surface area contributed by atoms with Crippen LogP contribution in [0, 0.1) is 0 Å². The van der Waals surface area contributed by atoms with Crippen molar-refractivity contribution in [3.63, 3.8) is 0 Å². The van der Waals surface area contributed by atoms with Gasteiger partial charge in [0.05, 0.1) is 5.69 Å². The van der Waals surface area contributed by atoms with Crippen molar-refractivity contribution < 1.29 is 0 Å². The normalized spacial score (nSPS) is 10.9. The Morgan fingerprint density at radius 1 is 0.293 bits per heavy atom. The molecule has 0 bridgehead atoms. The topological polar surface area (TPSA) is 3.24 Å². The Morgan fingerprint density at radius 3 is 1.63 bits per heavy atom. The molecule has 7 aromatic rings. The van der Waals surface area contributed by atoms with Crippen LogP contribution in [-0.4, -0.2) is 0 Å². The zero-order valence-corrected chi connectivity index (χ0v) is 22.7. The number of anilines is 3. The quantitative estimate of drug-likeness (QED) is 0.209. The third kappa shape index (κ3) is 5.02. The van der Waals surface area contributed by atoms with Gasteiger partial charge in [-0.05, 0) is 75.0 Å². The lowest BCUT2D eigenvalue weighted by Gasteiger charge is -2.28. The maximum absolute atomic E-state index is 2.38. The van der Waals surface area contributed by atoms with Crippen LogP contribution in [0.4, 0.5) is 17.1 Å². The molecule has 7 rings (SSSR count). The van der Waals surface area contributed by atoms with Gasteiger partial charge in [-0.25, -0.2) is 0 Å². The number of hydrogen-bond donors (Lipinski definition) is 0. The molecule has 0 amide bonds. The fraction of sp³-hybridized carbons (Fsp3) is 0. The Morgan fingerprint density at radius 2 is 0.854 bits per heavy atom. The zero-order chi connectivity index (χ0) is 27.4. The van der Waals surface area contributed by atoms with Gasteiger partial charge in [0.25, 0.3) is 0 Å². The second-order valence-electron chi connectivity index (χ2n) is 10.2. The maximum atomic E-state index is 2.38. The van der Waals surface area contributed by atoms with Crippen molar-refractivity contribution in [2.45, 2.75) is 0 Å². The molecule has 0 fully saturated rings. The van der Waals surface area contributed by atoms with Crippen molar-refractivity contribution in [2.24, 2.45) is 0 Å². The number of fused-ring (bicyclic) bond motifs is 1. The van der Waals surface area contributed by atoms with Gasteiger partial charge >= 0.3 is 0 Å². The number of hydrogen-bond acceptors (Lipinski definition) is 1. The molecule has 0 aromatic heterocycles. The third-order valence-corrected chi connectivity index (χ3v) is 7.65. The second kappa shape index (κ2) is 11.0. The van der Waals surface area contributed by atoms with E-state index in [1.807, 2.05) is 0 Å². The van der Waals surface area contributed by atoms with Crippen molar-refractivity contribution in [1.29, 1.82) is 0 Å². The van der Waals surface area contributed by atoms with Crippen molar-refractivity contribution >= 4 is 27.8 Å². The third-order valence-electron chi connectivity index (χ3n) is 7.65. The van der Waals surface area contributed by atoms with E-state index in [2.05, 4.69) is 181 Å². The number of para-hydroxylation sites is 1. The fourth-order valence-electron chi connectivity index (χ4n) is 5.58. The van der Waals surface area contributed by atoms with E-state index in [9.17, 15) is 0 Å². The lowest BCUT2D eigenvalue weighted by atomic mass is 9.99. The Hall–Kier alpha value is -5.40. The van der Waals surface area contributed by atoms with E-state index in [1.165, 1.54) is 44.2 Å². The van der Waals surface area contributed by atoms with Crippen LogP contribution >= 0.6 is 0 Å². The Balaban J connectivity index is 1.38. The average Bonchev–Trinajstić information content (AvgIpc) is 3.06. The van der Waals surface area contributed by atoms with E-state index in [4.69, 9.17) is 0 Å². The molecule has 0 N–H and O–H groups in total. The van der Waals surface area contributed by atoms with E-state index in [0.29, 0.717) is 0 Å². The molecule has 7 aromatic carbocycles. The average molecular weight is 524 g/mol. The first-order chi connectivity index (χ1) is 20.3. The molecular weight excluding hydrogens is 494 g/mol. The van der Waals surface area contributed by atoms with Gasteiger partial charge in [-0.15, -0.1) is 0 Å². The van der Waals surface area contributed by atoms with Gasteiger partial charge in [0.15, 0.2) is 0 Å². The molecular formula is C40H29N. The van der Waals surface area contributed by atoms with Gasteiger partial charge in [-0.1, -0.05) is 140 Å². The SMILES string of the molecule is c1ccc(-c2ccc(N(c3cccc(-c4ccc5ccccc5c4)c3)c3ccccc3-c3ccccc3)cc2)cc1. The van der Waals surface area contributed by atoms with Gasteiger partial charge < -0.3 is 4.90 Å². The highest BCUT2D eigenvalue weighted by Crippen LogP contribution is 2.42. The predicted octanol–water partition coefficient (Wildman–Crippen LogP) is 11.3.